The average molecular weight is 322 g/mol. The Morgan fingerprint density at radius 3 is 2.22 bits per heavy atom. The molecule has 0 heterocycles. The fourth-order valence-corrected chi connectivity index (χ4v) is 2.67. The lowest BCUT2D eigenvalue weighted by atomic mass is 10.3. The van der Waals surface area contributed by atoms with Gasteiger partial charge in [-0.15, -0.1) is 13.2 Å². The van der Waals surface area contributed by atoms with Crippen LogP contribution in [0.4, 0.5) is 18.9 Å². The lowest BCUT2D eigenvalue weighted by Crippen LogP contribution is -2.35. The van der Waals surface area contributed by atoms with Crippen LogP contribution >= 0.6 is 30.7 Å². The van der Waals surface area contributed by atoms with Gasteiger partial charge in [-0.05, 0) is 18.2 Å². The number of hydrogen-bond donors (Lipinski definition) is 0. The van der Waals surface area contributed by atoms with E-state index in [0.717, 1.165) is 25.9 Å². The zero-order chi connectivity index (χ0) is 14.1. The van der Waals surface area contributed by atoms with Gasteiger partial charge in [0.2, 0.25) is 0 Å². The topological polar surface area (TPSA) is 29.5 Å². The normalized spacial score (nSPS) is 15.3. The van der Waals surface area contributed by atoms with Crippen molar-refractivity contribution in [1.82, 2.24) is 0 Å². The number of benzene rings is 1. The molecule has 9 heteroatoms. The van der Waals surface area contributed by atoms with E-state index < -0.39 is 19.5 Å². The first-order chi connectivity index (χ1) is 8.09. The Labute approximate surface area is 112 Å². The van der Waals surface area contributed by atoms with Gasteiger partial charge in [0, 0.05) is 13.8 Å². The molecule has 0 N–H and O–H groups in total. The van der Waals surface area contributed by atoms with E-state index in [1.807, 2.05) is 0 Å². The summed E-state index contributed by atoms with van der Waals surface area (Å²) in [7, 11) is -3.11. The summed E-state index contributed by atoms with van der Waals surface area (Å²) in [5.41, 5.74) is -0.399. The van der Waals surface area contributed by atoms with Crippen LogP contribution in [0.15, 0.2) is 18.2 Å². The van der Waals surface area contributed by atoms with Crippen LogP contribution in [-0.4, -0.2) is 20.1 Å². The number of rotatable bonds is 3. The Balaban J connectivity index is 3.36. The Bertz CT molecular complexity index is 495. The molecule has 1 aromatic rings. The zero-order valence-corrected chi connectivity index (χ0v) is 11.7. The molecule has 0 radical (unpaired) electrons. The van der Waals surface area contributed by atoms with E-state index in [-0.39, 0.29) is 14.7 Å². The van der Waals surface area contributed by atoms with Crippen molar-refractivity contribution < 1.29 is 22.3 Å². The van der Waals surface area contributed by atoms with Crippen molar-refractivity contribution in [2.24, 2.45) is 0 Å². The molecule has 18 heavy (non-hydrogen) atoms. The van der Waals surface area contributed by atoms with Crippen molar-refractivity contribution in [3.05, 3.63) is 28.2 Å². The number of alkyl halides is 3. The lowest BCUT2D eigenvalue weighted by molar-refractivity contribution is -0.117. The largest absolute Gasteiger partial charge is 0.492 e. The average Bonchev–Trinajstić information content (AvgIpc) is 2.21. The minimum Gasteiger partial charge on any atom is -0.317 e. The molecule has 0 saturated carbocycles. The predicted molar refractivity (Wildman–Crippen MR) is 65.5 cm³/mol. The summed E-state index contributed by atoms with van der Waals surface area (Å²) in [6, 6.07) is 3.23. The second-order valence-electron chi connectivity index (χ2n) is 3.36. The molecule has 1 aromatic carbocycles. The third-order valence-corrected chi connectivity index (χ3v) is 4.69. The van der Waals surface area contributed by atoms with Gasteiger partial charge in [0.25, 0.3) is 7.52 Å². The smallest absolute Gasteiger partial charge is 0.317 e. The van der Waals surface area contributed by atoms with Gasteiger partial charge < -0.3 is 4.52 Å². The molecule has 1 atom stereocenters. The highest BCUT2D eigenvalue weighted by molar-refractivity contribution is 7.59. The Morgan fingerprint density at radius 1 is 1.28 bits per heavy atom. The molecule has 0 aliphatic heterocycles. The van der Waals surface area contributed by atoms with Crippen molar-refractivity contribution in [2.75, 3.05) is 18.4 Å². The molecule has 102 valence electrons. The van der Waals surface area contributed by atoms with Crippen molar-refractivity contribution in [1.29, 1.82) is 0 Å². The minimum absolute atomic E-state index is 0.0699. The fourth-order valence-electron chi connectivity index (χ4n) is 1.26. The van der Waals surface area contributed by atoms with Gasteiger partial charge in [-0.25, -0.2) is 4.67 Å². The molecule has 0 saturated heterocycles. The molecule has 1 rings (SSSR count). The molecule has 0 bridgehead atoms. The first kappa shape index (κ1) is 15.6. The molecule has 0 aliphatic rings. The Morgan fingerprint density at radius 2 is 1.83 bits per heavy atom. The highest BCUT2D eigenvalue weighted by Crippen LogP contribution is 2.54. The van der Waals surface area contributed by atoms with Gasteiger partial charge in [0.05, 0.1) is 15.7 Å². The fraction of sp³-hybridized carbons (Fsp3) is 0.333. The van der Waals surface area contributed by atoms with Crippen LogP contribution < -0.4 is 4.67 Å². The molecular weight excluding hydrogens is 313 g/mol. The quantitative estimate of drug-likeness (QED) is 0.592. The van der Waals surface area contributed by atoms with Gasteiger partial charge in [0.15, 0.2) is 0 Å². The second kappa shape index (κ2) is 5.29. The van der Waals surface area contributed by atoms with Crippen molar-refractivity contribution in [2.45, 2.75) is 6.30 Å². The SMILES string of the molecule is COP(C)(=O)N(c1ccc(Cl)c(Cl)c1)C(F)(F)F. The first-order valence-corrected chi connectivity index (χ1v) is 7.33. The summed E-state index contributed by atoms with van der Waals surface area (Å²) >= 11 is 11.3. The van der Waals surface area contributed by atoms with Gasteiger partial charge in [-0.3, -0.25) is 4.57 Å². The van der Waals surface area contributed by atoms with E-state index in [9.17, 15) is 17.7 Å². The maximum absolute atomic E-state index is 12.9. The van der Waals surface area contributed by atoms with E-state index >= 15 is 0 Å². The van der Waals surface area contributed by atoms with Crippen LogP contribution in [0.25, 0.3) is 0 Å². The number of halogens is 5. The minimum atomic E-state index is -4.86. The summed E-state index contributed by atoms with van der Waals surface area (Å²) in [6.45, 7) is 0.864. The number of hydrogen-bond acceptors (Lipinski definition) is 2. The van der Waals surface area contributed by atoms with E-state index in [4.69, 9.17) is 23.2 Å². The second-order valence-corrected chi connectivity index (χ2v) is 6.55. The van der Waals surface area contributed by atoms with Gasteiger partial charge in [0.1, 0.15) is 0 Å². The lowest BCUT2D eigenvalue weighted by Gasteiger charge is -2.31. The van der Waals surface area contributed by atoms with E-state index in [1.165, 1.54) is 6.07 Å². The third kappa shape index (κ3) is 3.32. The number of anilines is 1. The highest BCUT2D eigenvalue weighted by Gasteiger charge is 2.47. The van der Waals surface area contributed by atoms with Crippen LogP contribution in [0.1, 0.15) is 0 Å². The molecule has 3 nitrogen and oxygen atoms in total. The van der Waals surface area contributed by atoms with Crippen molar-refractivity contribution >= 4 is 36.4 Å². The summed E-state index contributed by atoms with van der Waals surface area (Å²) < 4.78 is 54.8. The molecule has 1 unspecified atom stereocenters. The Kier molecular flexibility index (Phi) is 4.60. The number of nitrogens with zero attached hydrogens (tertiary/aromatic N) is 1. The molecule has 0 fully saturated rings. The summed E-state index contributed by atoms with van der Waals surface area (Å²) in [5.74, 6) is 0. The summed E-state index contributed by atoms with van der Waals surface area (Å²) in [4.78, 5) is 0. The van der Waals surface area contributed by atoms with Gasteiger partial charge >= 0.3 is 6.30 Å². The standard InChI is InChI=1S/C9H9Cl2F3NO2P/c1-17-18(2,16)15(9(12,13)14)6-3-4-7(10)8(11)5-6/h3-5H,1-2H3. The molecule has 0 aromatic heterocycles. The van der Waals surface area contributed by atoms with Crippen molar-refractivity contribution in [3.63, 3.8) is 0 Å². The zero-order valence-electron chi connectivity index (χ0n) is 9.33. The monoisotopic (exact) mass is 321 g/mol. The van der Waals surface area contributed by atoms with E-state index in [0.29, 0.717) is 0 Å². The summed E-state index contributed by atoms with van der Waals surface area (Å²) in [6.07, 6.45) is -4.86. The van der Waals surface area contributed by atoms with E-state index in [2.05, 4.69) is 4.52 Å². The Hall–Kier alpha value is -0.420. The van der Waals surface area contributed by atoms with Crippen LogP contribution in [0.2, 0.25) is 10.0 Å². The van der Waals surface area contributed by atoms with Gasteiger partial charge in [-0.1, -0.05) is 23.2 Å². The maximum atomic E-state index is 12.9. The molecule has 0 amide bonds. The van der Waals surface area contributed by atoms with Crippen molar-refractivity contribution in [3.8, 4) is 0 Å². The summed E-state index contributed by atoms with van der Waals surface area (Å²) in [5, 5.41) is 0.0328. The van der Waals surface area contributed by atoms with Crippen LogP contribution in [-0.2, 0) is 9.09 Å². The maximum Gasteiger partial charge on any atom is 0.492 e. The van der Waals surface area contributed by atoms with Gasteiger partial charge in [-0.2, -0.15) is 0 Å². The highest BCUT2D eigenvalue weighted by atomic mass is 35.5. The molecule has 0 spiro atoms. The molecular formula is C9H9Cl2F3NO2P. The molecule has 0 aliphatic carbocycles. The first-order valence-electron chi connectivity index (χ1n) is 4.55. The van der Waals surface area contributed by atoms with Crippen LogP contribution in [0, 0.1) is 0 Å². The van der Waals surface area contributed by atoms with E-state index in [1.54, 1.807) is 0 Å². The van der Waals surface area contributed by atoms with Crippen LogP contribution in [0.5, 0.6) is 0 Å². The predicted octanol–water partition coefficient (Wildman–Crippen LogP) is 4.79. The third-order valence-electron chi connectivity index (χ3n) is 2.09. The van der Waals surface area contributed by atoms with Crippen LogP contribution in [0.3, 0.4) is 0 Å².